The number of hydrogen-bond donors (Lipinski definition) is 0. The van der Waals surface area contributed by atoms with Gasteiger partial charge >= 0.3 is 0 Å². The van der Waals surface area contributed by atoms with Crippen molar-refractivity contribution in [1.82, 2.24) is 0 Å². The van der Waals surface area contributed by atoms with Crippen molar-refractivity contribution in [3.63, 3.8) is 0 Å². The van der Waals surface area contributed by atoms with Gasteiger partial charge in [-0.1, -0.05) is 18.2 Å². The maximum absolute atomic E-state index is 5.13. The lowest BCUT2D eigenvalue weighted by atomic mass is 10.2. The molecule has 0 saturated carbocycles. The molecule has 0 aromatic carbocycles. The first-order valence-corrected chi connectivity index (χ1v) is 3.41. The molecule has 0 fully saturated rings. The predicted octanol–water partition coefficient (Wildman–Crippen LogP) is 2.39. The molecule has 2 nitrogen and oxygen atoms in total. The summed E-state index contributed by atoms with van der Waals surface area (Å²) in [5.41, 5.74) is 2.25. The van der Waals surface area contributed by atoms with E-state index in [1.54, 1.807) is 13.4 Å². The highest BCUT2D eigenvalue weighted by Crippen LogP contribution is 2.26. The van der Waals surface area contributed by atoms with E-state index in [0.717, 1.165) is 11.1 Å². The molecule has 0 saturated heterocycles. The molecular formula is C9H8O2. The van der Waals surface area contributed by atoms with E-state index in [-0.39, 0.29) is 0 Å². The van der Waals surface area contributed by atoms with Gasteiger partial charge in [0.05, 0.1) is 7.11 Å². The van der Waals surface area contributed by atoms with Gasteiger partial charge < -0.3 is 9.15 Å². The molecule has 0 amide bonds. The van der Waals surface area contributed by atoms with E-state index < -0.39 is 0 Å². The van der Waals surface area contributed by atoms with Crippen LogP contribution in [0.1, 0.15) is 0 Å². The van der Waals surface area contributed by atoms with Gasteiger partial charge in [-0.05, 0) is 5.56 Å². The molecule has 2 rings (SSSR count). The van der Waals surface area contributed by atoms with Crippen molar-refractivity contribution >= 4 is 0 Å². The third-order valence-electron chi connectivity index (χ3n) is 1.66. The van der Waals surface area contributed by atoms with E-state index in [0.29, 0.717) is 5.95 Å². The van der Waals surface area contributed by atoms with Crippen LogP contribution in [-0.2, 0) is 0 Å². The van der Waals surface area contributed by atoms with Crippen molar-refractivity contribution in [2.45, 2.75) is 0 Å². The summed E-state index contributed by atoms with van der Waals surface area (Å²) in [7, 11) is 1.59. The fourth-order valence-corrected chi connectivity index (χ4v) is 1.08. The van der Waals surface area contributed by atoms with Gasteiger partial charge in [0.25, 0.3) is 5.95 Å². The predicted molar refractivity (Wildman–Crippen MR) is 41.9 cm³/mol. The molecule has 0 bridgehead atoms. The number of methoxy groups -OCH3 is 1. The Hall–Kier alpha value is -1.44. The zero-order valence-electron chi connectivity index (χ0n) is 6.20. The molecule has 1 aliphatic carbocycles. The second-order valence-corrected chi connectivity index (χ2v) is 2.34. The van der Waals surface area contributed by atoms with Crippen LogP contribution in [0.5, 0.6) is 5.95 Å². The summed E-state index contributed by atoms with van der Waals surface area (Å²) in [4.78, 5) is 0. The summed E-state index contributed by atoms with van der Waals surface area (Å²) in [6.45, 7) is 0. The van der Waals surface area contributed by atoms with Crippen molar-refractivity contribution in [3.05, 3.63) is 30.5 Å². The topological polar surface area (TPSA) is 22.4 Å². The molecule has 0 unspecified atom stereocenters. The van der Waals surface area contributed by atoms with Crippen LogP contribution >= 0.6 is 0 Å². The molecule has 0 radical (unpaired) electrons. The Morgan fingerprint density at radius 3 is 2.91 bits per heavy atom. The number of hydrogen-bond acceptors (Lipinski definition) is 2. The highest BCUT2D eigenvalue weighted by atomic mass is 16.6. The Balaban J connectivity index is 2.59. The van der Waals surface area contributed by atoms with Crippen molar-refractivity contribution in [2.24, 2.45) is 0 Å². The minimum absolute atomic E-state index is 0.545. The highest BCUT2D eigenvalue weighted by Gasteiger charge is 2.03. The van der Waals surface area contributed by atoms with E-state index in [1.165, 1.54) is 0 Å². The largest absolute Gasteiger partial charge is 0.468 e. The van der Waals surface area contributed by atoms with Gasteiger partial charge in [-0.3, -0.25) is 0 Å². The molecule has 0 aromatic heterocycles. The van der Waals surface area contributed by atoms with Crippen LogP contribution in [0.4, 0.5) is 0 Å². The van der Waals surface area contributed by atoms with E-state index in [9.17, 15) is 0 Å². The van der Waals surface area contributed by atoms with Gasteiger partial charge in [0.2, 0.25) is 0 Å². The lowest BCUT2D eigenvalue weighted by molar-refractivity contribution is 0.297. The SMILES string of the molecule is COc1cc2cccc-2co1. The Morgan fingerprint density at radius 2 is 2.09 bits per heavy atom. The molecule has 1 heterocycles. The number of ether oxygens (including phenoxy) is 1. The van der Waals surface area contributed by atoms with Gasteiger partial charge in [-0.2, -0.15) is 0 Å². The van der Waals surface area contributed by atoms with Crippen LogP contribution in [0.25, 0.3) is 11.1 Å². The summed E-state index contributed by atoms with van der Waals surface area (Å²) in [6.07, 6.45) is 1.69. The number of fused-ring (bicyclic) bond motifs is 1. The van der Waals surface area contributed by atoms with Gasteiger partial charge in [0.15, 0.2) is 0 Å². The van der Waals surface area contributed by atoms with Crippen molar-refractivity contribution in [2.75, 3.05) is 7.11 Å². The Kier molecular flexibility index (Phi) is 1.32. The molecule has 0 aromatic rings. The Labute approximate surface area is 64.7 Å². The highest BCUT2D eigenvalue weighted by molar-refractivity contribution is 5.65. The lowest BCUT2D eigenvalue weighted by Gasteiger charge is -2.00. The minimum Gasteiger partial charge on any atom is -0.468 e. The van der Waals surface area contributed by atoms with Crippen molar-refractivity contribution < 1.29 is 9.15 Å². The van der Waals surface area contributed by atoms with Gasteiger partial charge in [0, 0.05) is 11.6 Å². The third-order valence-corrected chi connectivity index (χ3v) is 1.66. The average Bonchev–Trinajstić information content (AvgIpc) is 2.50. The smallest absolute Gasteiger partial charge is 0.284 e. The van der Waals surface area contributed by atoms with Crippen LogP contribution in [0.2, 0.25) is 0 Å². The second-order valence-electron chi connectivity index (χ2n) is 2.34. The molecule has 56 valence electrons. The van der Waals surface area contributed by atoms with E-state index >= 15 is 0 Å². The van der Waals surface area contributed by atoms with E-state index in [2.05, 4.69) is 0 Å². The fraction of sp³-hybridized carbons (Fsp3) is 0.111. The zero-order valence-corrected chi connectivity index (χ0v) is 6.20. The maximum atomic E-state index is 5.13. The summed E-state index contributed by atoms with van der Waals surface area (Å²) in [5.74, 6) is 0.545. The minimum atomic E-state index is 0.545. The Bertz CT molecular complexity index is 324. The first kappa shape index (κ1) is 6.28. The number of rotatable bonds is 1. The molecule has 0 N–H and O–H groups in total. The third kappa shape index (κ3) is 0.963. The molecular weight excluding hydrogens is 140 g/mol. The van der Waals surface area contributed by atoms with Gasteiger partial charge in [-0.15, -0.1) is 0 Å². The quantitative estimate of drug-likeness (QED) is 0.619. The summed E-state index contributed by atoms with van der Waals surface area (Å²) in [5, 5.41) is 0. The Morgan fingerprint density at radius 1 is 1.27 bits per heavy atom. The lowest BCUT2D eigenvalue weighted by Crippen LogP contribution is -1.82. The molecule has 1 aliphatic heterocycles. The average molecular weight is 148 g/mol. The normalized spacial score (nSPS) is 10.3. The van der Waals surface area contributed by atoms with Crippen LogP contribution in [0, 0.1) is 0 Å². The van der Waals surface area contributed by atoms with E-state index in [1.807, 2.05) is 24.3 Å². The van der Waals surface area contributed by atoms with E-state index in [4.69, 9.17) is 9.15 Å². The van der Waals surface area contributed by atoms with Crippen molar-refractivity contribution in [1.29, 1.82) is 0 Å². The second kappa shape index (κ2) is 2.31. The maximum Gasteiger partial charge on any atom is 0.284 e. The van der Waals surface area contributed by atoms with Crippen molar-refractivity contribution in [3.8, 4) is 17.1 Å². The first-order chi connectivity index (χ1) is 5.40. The fourth-order valence-electron chi connectivity index (χ4n) is 1.08. The molecule has 2 heteroatoms. The van der Waals surface area contributed by atoms with Crippen LogP contribution in [0.3, 0.4) is 0 Å². The van der Waals surface area contributed by atoms with Gasteiger partial charge in [0.1, 0.15) is 6.26 Å². The van der Waals surface area contributed by atoms with Gasteiger partial charge in [-0.25, -0.2) is 0 Å². The van der Waals surface area contributed by atoms with Crippen LogP contribution < -0.4 is 4.74 Å². The monoisotopic (exact) mass is 148 g/mol. The molecule has 0 spiro atoms. The summed E-state index contributed by atoms with van der Waals surface area (Å²) >= 11 is 0. The standard InChI is InChI=1S/C9H8O2/c1-10-9-5-7-3-2-4-8(7)6-11-9/h2-6H,1H3. The van der Waals surface area contributed by atoms with Crippen LogP contribution in [-0.4, -0.2) is 7.11 Å². The zero-order chi connectivity index (χ0) is 7.68. The molecule has 2 aliphatic rings. The summed E-state index contributed by atoms with van der Waals surface area (Å²) in [6, 6.07) is 7.88. The summed E-state index contributed by atoms with van der Waals surface area (Å²) < 4.78 is 10.1. The first-order valence-electron chi connectivity index (χ1n) is 3.41. The van der Waals surface area contributed by atoms with Crippen LogP contribution in [0.15, 0.2) is 34.9 Å². The molecule has 0 atom stereocenters. The molecule has 11 heavy (non-hydrogen) atoms.